The Morgan fingerprint density at radius 3 is 2.44 bits per heavy atom. The predicted octanol–water partition coefficient (Wildman–Crippen LogP) is 5.46. The van der Waals surface area contributed by atoms with Crippen molar-refractivity contribution >= 4 is 22.0 Å². The van der Waals surface area contributed by atoms with Crippen LogP contribution in [0.5, 0.6) is 0 Å². The Hall–Kier alpha value is -0.560. The number of alkyl halides is 1. The van der Waals surface area contributed by atoms with Crippen molar-refractivity contribution in [3.8, 4) is 0 Å². The number of halogens is 1. The number of hydrogen-bond acceptors (Lipinski definition) is 0. The molecule has 0 amide bonds. The van der Waals surface area contributed by atoms with E-state index in [1.807, 2.05) is 6.08 Å². The Labute approximate surface area is 120 Å². The van der Waals surface area contributed by atoms with Crippen LogP contribution in [0.1, 0.15) is 43.2 Å². The molecule has 0 N–H and O–H groups in total. The summed E-state index contributed by atoms with van der Waals surface area (Å²) in [7, 11) is 0. The molecule has 1 saturated carbocycles. The van der Waals surface area contributed by atoms with Crippen LogP contribution in [0.25, 0.3) is 6.08 Å². The first-order valence-corrected chi connectivity index (χ1v) is 8.22. The van der Waals surface area contributed by atoms with E-state index < -0.39 is 0 Å². The molecule has 18 heavy (non-hydrogen) atoms. The molecular formula is C17H23Br. The first kappa shape index (κ1) is 13.9. The highest BCUT2D eigenvalue weighted by Gasteiger charge is 2.20. The Morgan fingerprint density at radius 1 is 1.11 bits per heavy atom. The fourth-order valence-corrected chi connectivity index (χ4v) is 3.64. The molecule has 1 fully saturated rings. The van der Waals surface area contributed by atoms with Crippen molar-refractivity contribution in [3.63, 3.8) is 0 Å². The van der Waals surface area contributed by atoms with Crippen LogP contribution in [0, 0.1) is 11.8 Å². The van der Waals surface area contributed by atoms with Crippen molar-refractivity contribution in [3.05, 3.63) is 42.0 Å². The van der Waals surface area contributed by atoms with Crippen LogP contribution in [0.2, 0.25) is 0 Å². The Morgan fingerprint density at radius 2 is 1.78 bits per heavy atom. The summed E-state index contributed by atoms with van der Waals surface area (Å²) in [5.41, 5.74) is 2.78. The van der Waals surface area contributed by atoms with Crippen LogP contribution < -0.4 is 0 Å². The number of rotatable bonds is 5. The summed E-state index contributed by atoms with van der Waals surface area (Å²) >= 11 is 3.61. The molecule has 0 aliphatic heterocycles. The third kappa shape index (κ3) is 3.71. The molecule has 2 rings (SSSR count). The quantitative estimate of drug-likeness (QED) is 0.633. The molecule has 0 aromatic heterocycles. The van der Waals surface area contributed by atoms with Gasteiger partial charge < -0.3 is 0 Å². The molecule has 98 valence electrons. The zero-order valence-corrected chi connectivity index (χ0v) is 12.7. The fourth-order valence-electron chi connectivity index (χ4n) is 3.00. The zero-order valence-electron chi connectivity index (χ0n) is 11.1. The van der Waals surface area contributed by atoms with Gasteiger partial charge in [-0.15, -0.1) is 0 Å². The Kier molecular flexibility index (Phi) is 5.49. The van der Waals surface area contributed by atoms with E-state index in [0.717, 1.165) is 11.8 Å². The van der Waals surface area contributed by atoms with E-state index in [0.29, 0.717) is 0 Å². The van der Waals surface area contributed by atoms with Gasteiger partial charge in [-0.3, -0.25) is 0 Å². The van der Waals surface area contributed by atoms with E-state index in [1.165, 1.54) is 55.0 Å². The SMILES string of the molecule is C=Cc1ccccc1CCC1CCC(CBr)CC1. The lowest BCUT2D eigenvalue weighted by atomic mass is 9.80. The molecule has 0 heterocycles. The summed E-state index contributed by atoms with van der Waals surface area (Å²) in [5.74, 6) is 1.87. The summed E-state index contributed by atoms with van der Waals surface area (Å²) in [5, 5.41) is 1.19. The minimum atomic E-state index is 0.932. The summed E-state index contributed by atoms with van der Waals surface area (Å²) in [4.78, 5) is 0. The molecule has 0 unspecified atom stereocenters. The van der Waals surface area contributed by atoms with Crippen molar-refractivity contribution < 1.29 is 0 Å². The molecule has 1 aliphatic carbocycles. The topological polar surface area (TPSA) is 0 Å². The van der Waals surface area contributed by atoms with Gasteiger partial charge in [0.2, 0.25) is 0 Å². The fraction of sp³-hybridized carbons (Fsp3) is 0.529. The molecule has 0 nitrogen and oxygen atoms in total. The van der Waals surface area contributed by atoms with Gasteiger partial charge in [-0.25, -0.2) is 0 Å². The van der Waals surface area contributed by atoms with Gasteiger partial charge in [0.15, 0.2) is 0 Å². The normalized spacial score (nSPS) is 23.8. The summed E-state index contributed by atoms with van der Waals surface area (Å²) in [6, 6.07) is 8.66. The first-order valence-electron chi connectivity index (χ1n) is 7.09. The van der Waals surface area contributed by atoms with Gasteiger partial charge in [0.25, 0.3) is 0 Å². The summed E-state index contributed by atoms with van der Waals surface area (Å²) < 4.78 is 0. The minimum Gasteiger partial charge on any atom is -0.0985 e. The van der Waals surface area contributed by atoms with E-state index in [9.17, 15) is 0 Å². The van der Waals surface area contributed by atoms with E-state index in [2.05, 4.69) is 46.8 Å². The lowest BCUT2D eigenvalue weighted by molar-refractivity contribution is 0.282. The second-order valence-corrected chi connectivity index (χ2v) is 6.13. The third-order valence-electron chi connectivity index (χ3n) is 4.28. The van der Waals surface area contributed by atoms with Crippen LogP contribution in [0.3, 0.4) is 0 Å². The van der Waals surface area contributed by atoms with Crippen LogP contribution in [0.4, 0.5) is 0 Å². The highest BCUT2D eigenvalue weighted by molar-refractivity contribution is 9.09. The number of hydrogen-bond donors (Lipinski definition) is 0. The van der Waals surface area contributed by atoms with Crippen LogP contribution in [0.15, 0.2) is 30.8 Å². The van der Waals surface area contributed by atoms with Gasteiger partial charge in [0, 0.05) is 5.33 Å². The van der Waals surface area contributed by atoms with Gasteiger partial charge in [-0.2, -0.15) is 0 Å². The van der Waals surface area contributed by atoms with Crippen molar-refractivity contribution in [2.45, 2.75) is 38.5 Å². The highest BCUT2D eigenvalue weighted by atomic mass is 79.9. The van der Waals surface area contributed by atoms with Crippen molar-refractivity contribution in [2.24, 2.45) is 11.8 Å². The van der Waals surface area contributed by atoms with E-state index >= 15 is 0 Å². The second-order valence-electron chi connectivity index (χ2n) is 5.48. The van der Waals surface area contributed by atoms with Gasteiger partial charge >= 0.3 is 0 Å². The van der Waals surface area contributed by atoms with Crippen molar-refractivity contribution in [1.82, 2.24) is 0 Å². The van der Waals surface area contributed by atoms with E-state index in [1.54, 1.807) is 0 Å². The van der Waals surface area contributed by atoms with E-state index in [4.69, 9.17) is 0 Å². The molecule has 0 radical (unpaired) electrons. The van der Waals surface area contributed by atoms with Crippen molar-refractivity contribution in [2.75, 3.05) is 5.33 Å². The molecule has 0 spiro atoms. The largest absolute Gasteiger partial charge is 0.0985 e. The van der Waals surface area contributed by atoms with Gasteiger partial charge in [0.05, 0.1) is 0 Å². The summed E-state index contributed by atoms with van der Waals surface area (Å²) in [6.45, 7) is 3.90. The monoisotopic (exact) mass is 306 g/mol. The second kappa shape index (κ2) is 7.13. The maximum absolute atomic E-state index is 3.90. The average Bonchev–Trinajstić information content (AvgIpc) is 2.46. The smallest absolute Gasteiger partial charge is 0.00596 e. The molecule has 1 aromatic rings. The minimum absolute atomic E-state index is 0.932. The maximum Gasteiger partial charge on any atom is 0.00596 e. The average molecular weight is 307 g/mol. The lowest BCUT2D eigenvalue weighted by Crippen LogP contribution is -2.16. The van der Waals surface area contributed by atoms with Gasteiger partial charge in [-0.05, 0) is 48.6 Å². The standard InChI is InChI=1S/C17H23Br/c1-2-16-5-3-4-6-17(16)12-11-14-7-9-15(13-18)10-8-14/h2-6,14-15H,1,7-13H2. The third-order valence-corrected chi connectivity index (χ3v) is 5.20. The number of benzene rings is 1. The van der Waals surface area contributed by atoms with Gasteiger partial charge in [-0.1, -0.05) is 65.7 Å². The summed E-state index contributed by atoms with van der Waals surface area (Å²) in [6.07, 6.45) is 10.2. The van der Waals surface area contributed by atoms with Crippen LogP contribution in [-0.2, 0) is 6.42 Å². The van der Waals surface area contributed by atoms with Crippen LogP contribution in [-0.4, -0.2) is 5.33 Å². The Bertz CT molecular complexity index is 375. The predicted molar refractivity (Wildman–Crippen MR) is 84.1 cm³/mol. The molecule has 1 heteroatoms. The highest BCUT2D eigenvalue weighted by Crippen LogP contribution is 2.32. The first-order chi connectivity index (χ1) is 8.83. The zero-order chi connectivity index (χ0) is 12.8. The molecule has 0 saturated heterocycles. The van der Waals surface area contributed by atoms with E-state index in [-0.39, 0.29) is 0 Å². The molecular weight excluding hydrogens is 284 g/mol. The molecule has 0 bridgehead atoms. The lowest BCUT2D eigenvalue weighted by Gasteiger charge is -2.27. The Balaban J connectivity index is 1.83. The number of aryl methyl sites for hydroxylation is 1. The maximum atomic E-state index is 3.90. The molecule has 1 aliphatic rings. The molecule has 1 aromatic carbocycles. The van der Waals surface area contributed by atoms with Gasteiger partial charge in [0.1, 0.15) is 0 Å². The van der Waals surface area contributed by atoms with Crippen molar-refractivity contribution in [1.29, 1.82) is 0 Å². The van der Waals surface area contributed by atoms with Crippen LogP contribution >= 0.6 is 15.9 Å². The molecule has 0 atom stereocenters.